The number of carbonyl (C=O) groups excluding carboxylic acids is 1. The van der Waals surface area contributed by atoms with E-state index >= 15 is 0 Å². The Balaban J connectivity index is 1.13. The number of piperidine rings is 1. The molecular weight excluding hydrogens is 583 g/mol. The number of hydrogen-bond donors (Lipinski definition) is 2. The minimum Gasteiger partial charge on any atom is -0.457 e. The molecule has 0 atom stereocenters. The number of unbranched alkanes of at least 4 members (excludes halogenated alkanes) is 1. The van der Waals surface area contributed by atoms with Gasteiger partial charge in [-0.25, -0.2) is 13.2 Å². The van der Waals surface area contributed by atoms with E-state index in [4.69, 9.17) is 4.74 Å². The van der Waals surface area contributed by atoms with Crippen LogP contribution in [0.25, 0.3) is 10.1 Å². The van der Waals surface area contributed by atoms with E-state index in [2.05, 4.69) is 38.4 Å². The number of urea groups is 1. The molecule has 2 heterocycles. The van der Waals surface area contributed by atoms with Crippen LogP contribution >= 0.6 is 11.5 Å². The molecule has 1 aliphatic rings. The number of benzene rings is 3. The molecule has 1 aromatic heterocycles. The normalized spacial score (nSPS) is 14.5. The van der Waals surface area contributed by atoms with Crippen LogP contribution in [0.5, 0.6) is 11.5 Å². The third-order valence-electron chi connectivity index (χ3n) is 7.64. The molecule has 2 N–H and O–H groups in total. The van der Waals surface area contributed by atoms with Gasteiger partial charge in [0.25, 0.3) is 0 Å². The number of likely N-dealkylation sites (tertiary alicyclic amines) is 1. The van der Waals surface area contributed by atoms with Crippen LogP contribution in [0.3, 0.4) is 0 Å². The van der Waals surface area contributed by atoms with E-state index in [0.29, 0.717) is 17.2 Å². The first-order chi connectivity index (χ1) is 20.7. The van der Waals surface area contributed by atoms with E-state index in [-0.39, 0.29) is 12.1 Å². The maximum Gasteiger partial charge on any atom is 0.322 e. The summed E-state index contributed by atoms with van der Waals surface area (Å²) < 4.78 is 36.7. The maximum atomic E-state index is 13.4. The number of sulfonamides is 1. The smallest absolute Gasteiger partial charge is 0.322 e. The quantitative estimate of drug-likeness (QED) is 0.186. The first-order valence-corrected chi connectivity index (χ1v) is 17.3. The van der Waals surface area contributed by atoms with Gasteiger partial charge in [-0.1, -0.05) is 25.5 Å². The number of fused-ring (bicyclic) bond motifs is 1. The van der Waals surface area contributed by atoms with Crippen molar-refractivity contribution < 1.29 is 17.9 Å². The molecule has 0 unspecified atom stereocenters. The average molecular weight is 622 g/mol. The summed E-state index contributed by atoms with van der Waals surface area (Å²) in [5.41, 5.74) is 3.50. The van der Waals surface area contributed by atoms with Gasteiger partial charge >= 0.3 is 6.03 Å². The third-order valence-corrected chi connectivity index (χ3v) is 9.16. The average Bonchev–Trinajstić information content (AvgIpc) is 3.35. The number of ether oxygens (including phenoxy) is 1. The summed E-state index contributed by atoms with van der Waals surface area (Å²) in [6.07, 6.45) is 5.02. The predicted octanol–water partition coefficient (Wildman–Crippen LogP) is 7.07. The van der Waals surface area contributed by atoms with Crippen LogP contribution in [0, 0.1) is 6.92 Å². The Morgan fingerprint density at radius 3 is 2.33 bits per heavy atom. The number of nitrogens with one attached hydrogen (secondary N) is 2. The van der Waals surface area contributed by atoms with Gasteiger partial charge in [0.05, 0.1) is 16.6 Å². The number of nitrogens with zero attached hydrogens (tertiary/aromatic N) is 3. The number of amides is 2. The van der Waals surface area contributed by atoms with Gasteiger partial charge in [0.1, 0.15) is 11.5 Å². The molecule has 1 saturated heterocycles. The van der Waals surface area contributed by atoms with Crippen molar-refractivity contribution in [2.24, 2.45) is 0 Å². The summed E-state index contributed by atoms with van der Waals surface area (Å²) in [6, 6.07) is 21.1. The van der Waals surface area contributed by atoms with Gasteiger partial charge in [0.15, 0.2) is 0 Å². The van der Waals surface area contributed by atoms with Crippen molar-refractivity contribution in [2.45, 2.75) is 52.1 Å². The van der Waals surface area contributed by atoms with Gasteiger partial charge in [0, 0.05) is 49.0 Å². The summed E-state index contributed by atoms with van der Waals surface area (Å²) in [7, 11) is -3.32. The van der Waals surface area contributed by atoms with Crippen LogP contribution in [-0.2, 0) is 16.6 Å². The Labute approximate surface area is 258 Å². The van der Waals surface area contributed by atoms with E-state index in [1.807, 2.05) is 42.2 Å². The van der Waals surface area contributed by atoms with E-state index in [9.17, 15) is 13.2 Å². The first-order valence-electron chi connectivity index (χ1n) is 14.7. The molecule has 0 radical (unpaired) electrons. The van der Waals surface area contributed by atoms with Crippen molar-refractivity contribution >= 4 is 49.0 Å². The lowest BCUT2D eigenvalue weighted by atomic mass is 10.0. The molecule has 4 aromatic rings. The zero-order valence-electron chi connectivity index (χ0n) is 24.9. The molecule has 5 rings (SSSR count). The van der Waals surface area contributed by atoms with Crippen molar-refractivity contribution in [1.29, 1.82) is 0 Å². The number of anilines is 2. The lowest BCUT2D eigenvalue weighted by Crippen LogP contribution is -2.49. The summed E-state index contributed by atoms with van der Waals surface area (Å²) in [5.74, 6) is 1.35. The molecule has 228 valence electrons. The van der Waals surface area contributed by atoms with Crippen molar-refractivity contribution in [2.75, 3.05) is 35.9 Å². The topological polar surface area (TPSA) is 104 Å². The van der Waals surface area contributed by atoms with Gasteiger partial charge < -0.3 is 15.0 Å². The van der Waals surface area contributed by atoms with Gasteiger partial charge in [0.2, 0.25) is 10.0 Å². The van der Waals surface area contributed by atoms with Crippen LogP contribution in [0.4, 0.5) is 16.2 Å². The maximum absolute atomic E-state index is 13.4. The summed E-state index contributed by atoms with van der Waals surface area (Å²) >= 11 is 1.48. The van der Waals surface area contributed by atoms with Crippen molar-refractivity contribution in [1.82, 2.24) is 14.2 Å². The Morgan fingerprint density at radius 1 is 1.02 bits per heavy atom. The molecule has 0 spiro atoms. The number of aryl methyl sites for hydroxylation is 1. The molecule has 9 nitrogen and oxygen atoms in total. The molecule has 0 aliphatic carbocycles. The van der Waals surface area contributed by atoms with Crippen molar-refractivity contribution in [3.63, 3.8) is 0 Å². The first kappa shape index (κ1) is 30.8. The van der Waals surface area contributed by atoms with E-state index in [1.54, 1.807) is 24.3 Å². The van der Waals surface area contributed by atoms with Gasteiger partial charge in [-0.2, -0.15) is 4.37 Å². The summed E-state index contributed by atoms with van der Waals surface area (Å²) in [6.45, 7) is 7.61. The Kier molecular flexibility index (Phi) is 9.84. The second-order valence-corrected chi connectivity index (χ2v) is 13.7. The van der Waals surface area contributed by atoms with Crippen LogP contribution in [-0.4, -0.2) is 60.6 Å². The monoisotopic (exact) mass is 621 g/mol. The second kappa shape index (κ2) is 13.7. The fourth-order valence-corrected chi connectivity index (χ4v) is 6.69. The second-order valence-electron chi connectivity index (χ2n) is 11.1. The zero-order chi connectivity index (χ0) is 30.4. The molecule has 1 fully saturated rings. The number of hydrogen-bond acceptors (Lipinski definition) is 7. The Morgan fingerprint density at radius 2 is 1.67 bits per heavy atom. The van der Waals surface area contributed by atoms with Crippen LogP contribution in [0.15, 0.2) is 66.7 Å². The molecule has 1 aliphatic heterocycles. The highest BCUT2D eigenvalue weighted by molar-refractivity contribution is 7.92. The standard InChI is InChI=1S/C32H39N5O4S2/c1-4-5-18-37(32(38)33-26-10-15-31-30(21-26)23(2)34-42-31)27-16-19-36(20-17-27)22-24-6-11-28(12-7-24)41-29-13-8-25(9-14-29)35-43(3,39)40/h6-15,21,27,35H,4-5,16-20,22H2,1-3H3,(H,33,38). The predicted molar refractivity (Wildman–Crippen MR) is 175 cm³/mol. The third kappa shape index (κ3) is 8.46. The largest absolute Gasteiger partial charge is 0.457 e. The molecule has 11 heteroatoms. The minimum atomic E-state index is -3.32. The van der Waals surface area contributed by atoms with E-state index in [0.717, 1.165) is 79.6 Å². The molecule has 2 amide bonds. The zero-order valence-corrected chi connectivity index (χ0v) is 26.5. The SMILES string of the molecule is CCCCN(C(=O)Nc1ccc2snc(C)c2c1)C1CCN(Cc2ccc(Oc3ccc(NS(C)(=O)=O)cc3)cc2)CC1. The fraction of sp³-hybridized carbons (Fsp3) is 0.375. The Hall–Kier alpha value is -3.67. The Bertz CT molecular complexity index is 1630. The van der Waals surface area contributed by atoms with E-state index in [1.165, 1.54) is 17.1 Å². The fourth-order valence-electron chi connectivity index (χ4n) is 5.36. The highest BCUT2D eigenvalue weighted by atomic mass is 32.2. The van der Waals surface area contributed by atoms with Crippen LogP contribution in [0.2, 0.25) is 0 Å². The lowest BCUT2D eigenvalue weighted by molar-refractivity contribution is 0.122. The van der Waals surface area contributed by atoms with Gasteiger partial charge in [-0.15, -0.1) is 0 Å². The van der Waals surface area contributed by atoms with Crippen LogP contribution < -0.4 is 14.8 Å². The molecule has 3 aromatic carbocycles. The minimum absolute atomic E-state index is 0.0241. The van der Waals surface area contributed by atoms with Gasteiger partial charge in [-0.05, 0) is 97.9 Å². The number of carbonyl (C=O) groups is 1. The van der Waals surface area contributed by atoms with Crippen LogP contribution in [0.1, 0.15) is 43.9 Å². The molecule has 0 bridgehead atoms. The number of rotatable bonds is 11. The van der Waals surface area contributed by atoms with Crippen molar-refractivity contribution in [3.05, 3.63) is 78.0 Å². The lowest BCUT2D eigenvalue weighted by Gasteiger charge is -2.38. The van der Waals surface area contributed by atoms with Gasteiger partial charge in [-0.3, -0.25) is 9.62 Å². The summed E-state index contributed by atoms with van der Waals surface area (Å²) in [4.78, 5) is 17.9. The molecular formula is C32H39N5O4S2. The molecule has 0 saturated carbocycles. The highest BCUT2D eigenvalue weighted by Crippen LogP contribution is 2.27. The summed E-state index contributed by atoms with van der Waals surface area (Å²) in [5, 5.41) is 4.25. The highest BCUT2D eigenvalue weighted by Gasteiger charge is 2.28. The number of aromatic nitrogens is 1. The van der Waals surface area contributed by atoms with E-state index < -0.39 is 10.0 Å². The van der Waals surface area contributed by atoms with Crippen molar-refractivity contribution in [3.8, 4) is 11.5 Å². The molecule has 43 heavy (non-hydrogen) atoms.